The van der Waals surface area contributed by atoms with Crippen molar-refractivity contribution in [1.29, 1.82) is 0 Å². The van der Waals surface area contributed by atoms with Gasteiger partial charge in [0, 0.05) is 18.3 Å². The van der Waals surface area contributed by atoms with E-state index in [1.807, 2.05) is 6.08 Å². The van der Waals surface area contributed by atoms with Gasteiger partial charge in [-0.15, -0.1) is 6.58 Å². The summed E-state index contributed by atoms with van der Waals surface area (Å²) in [4.78, 5) is 13.1. The molecule has 0 amide bonds. The van der Waals surface area contributed by atoms with Crippen LogP contribution < -0.4 is 0 Å². The van der Waals surface area contributed by atoms with Crippen LogP contribution in [0.2, 0.25) is 36.3 Å². The molecule has 0 aromatic carbocycles. The van der Waals surface area contributed by atoms with Gasteiger partial charge in [0.2, 0.25) is 0 Å². The average molecular weight is 523 g/mol. The summed E-state index contributed by atoms with van der Waals surface area (Å²) in [6.07, 6.45) is 12.5. The Morgan fingerprint density at radius 2 is 1.63 bits per heavy atom. The fraction of sp³-hybridized carbons (Fsp3) is 0.833. The Hall–Kier alpha value is -0.496. The van der Waals surface area contributed by atoms with Gasteiger partial charge in [0.25, 0.3) is 0 Å². The highest BCUT2D eigenvalue weighted by molar-refractivity contribution is 6.74. The lowest BCUT2D eigenvalue weighted by Crippen LogP contribution is -2.45. The van der Waals surface area contributed by atoms with Crippen LogP contribution in [0.15, 0.2) is 24.8 Å². The molecule has 0 radical (unpaired) electrons. The molecule has 0 aromatic rings. The van der Waals surface area contributed by atoms with Crippen LogP contribution in [0.3, 0.4) is 0 Å². The van der Waals surface area contributed by atoms with Crippen molar-refractivity contribution in [2.24, 2.45) is 17.8 Å². The number of carbonyl (C=O) groups excluding carboxylic acids is 1. The minimum absolute atomic E-state index is 0.0374. The smallest absolute Gasteiger partial charge is 0.192 e. The van der Waals surface area contributed by atoms with Crippen LogP contribution in [0.5, 0.6) is 0 Å². The molecule has 5 unspecified atom stereocenters. The maximum absolute atomic E-state index is 13.1. The van der Waals surface area contributed by atoms with E-state index >= 15 is 0 Å². The molecule has 204 valence electrons. The van der Waals surface area contributed by atoms with Crippen molar-refractivity contribution in [1.82, 2.24) is 0 Å². The first-order valence-electron chi connectivity index (χ1n) is 14.0. The third kappa shape index (κ3) is 9.39. The van der Waals surface area contributed by atoms with Gasteiger partial charge in [-0.1, -0.05) is 92.9 Å². The van der Waals surface area contributed by atoms with Crippen molar-refractivity contribution >= 4 is 22.4 Å². The Bertz CT molecular complexity index is 712. The van der Waals surface area contributed by atoms with Gasteiger partial charge in [-0.25, -0.2) is 0 Å². The number of rotatable bonds is 13. The third-order valence-electron chi connectivity index (χ3n) is 8.87. The lowest BCUT2D eigenvalue weighted by atomic mass is 9.90. The molecule has 0 aliphatic heterocycles. The topological polar surface area (TPSA) is 35.5 Å². The summed E-state index contributed by atoms with van der Waals surface area (Å²) < 4.78 is 13.8. The van der Waals surface area contributed by atoms with E-state index in [0.29, 0.717) is 24.5 Å². The molecule has 0 aromatic heterocycles. The van der Waals surface area contributed by atoms with E-state index in [4.69, 9.17) is 8.85 Å². The van der Waals surface area contributed by atoms with Gasteiger partial charge in [0.15, 0.2) is 16.6 Å². The number of carbonyl (C=O) groups is 1. The van der Waals surface area contributed by atoms with Crippen molar-refractivity contribution in [2.45, 2.75) is 142 Å². The van der Waals surface area contributed by atoms with Crippen molar-refractivity contribution < 1.29 is 13.6 Å². The van der Waals surface area contributed by atoms with Crippen LogP contribution in [-0.4, -0.2) is 34.6 Å². The van der Waals surface area contributed by atoms with Gasteiger partial charge < -0.3 is 8.85 Å². The number of allylic oxidation sites excluding steroid dienone is 1. The molecule has 1 rings (SSSR count). The first-order chi connectivity index (χ1) is 15.9. The lowest BCUT2D eigenvalue weighted by Gasteiger charge is -2.40. The van der Waals surface area contributed by atoms with E-state index < -0.39 is 16.6 Å². The van der Waals surface area contributed by atoms with Crippen LogP contribution in [-0.2, 0) is 13.6 Å². The summed E-state index contributed by atoms with van der Waals surface area (Å²) in [5, 5.41) is 0.276. The quantitative estimate of drug-likeness (QED) is 0.178. The fourth-order valence-electron chi connectivity index (χ4n) is 4.40. The van der Waals surface area contributed by atoms with E-state index in [0.717, 1.165) is 6.42 Å². The molecule has 1 aliphatic carbocycles. The number of unbranched alkanes of at least 4 members (excludes halogenated alkanes) is 1. The van der Waals surface area contributed by atoms with E-state index in [1.54, 1.807) is 0 Å². The molecule has 0 bridgehead atoms. The third-order valence-corrected chi connectivity index (χ3v) is 17.9. The molecule has 1 aliphatic rings. The fourth-order valence-corrected chi connectivity index (χ4v) is 7.04. The van der Waals surface area contributed by atoms with Gasteiger partial charge in [0.05, 0.1) is 12.2 Å². The van der Waals surface area contributed by atoms with Crippen LogP contribution in [0, 0.1) is 17.8 Å². The van der Waals surface area contributed by atoms with E-state index in [2.05, 4.69) is 100 Å². The molecule has 5 heteroatoms. The number of hydrogen-bond donors (Lipinski definition) is 0. The summed E-state index contributed by atoms with van der Waals surface area (Å²) in [5.74, 6) is 0.986. The zero-order valence-corrected chi connectivity index (χ0v) is 27.3. The highest BCUT2D eigenvalue weighted by Crippen LogP contribution is 2.43. The zero-order valence-electron chi connectivity index (χ0n) is 25.3. The van der Waals surface area contributed by atoms with Gasteiger partial charge in [-0.3, -0.25) is 4.79 Å². The molecule has 5 atom stereocenters. The number of ketones is 1. The van der Waals surface area contributed by atoms with E-state index in [1.165, 1.54) is 19.3 Å². The molecule has 0 saturated heterocycles. The summed E-state index contributed by atoms with van der Waals surface area (Å²) in [7, 11) is -3.92. The second-order valence-corrected chi connectivity index (χ2v) is 23.6. The Morgan fingerprint density at radius 1 is 1.06 bits per heavy atom. The van der Waals surface area contributed by atoms with Crippen LogP contribution >= 0.6 is 0 Å². The molecule has 3 nitrogen and oxygen atoms in total. The number of Topliss-reactive ketones (excluding diaryl/α,β-unsaturated/α-hetero) is 1. The van der Waals surface area contributed by atoms with E-state index in [9.17, 15) is 4.79 Å². The standard InChI is InChI=1S/C30H58O3Si2/c1-14-16-18-23(3)21-24(32-34(10,11)29(4,5)6)19-20-26-25(17-15-2)27(31)22-28(26)33-35(12,13)30(7,8)9/h15,19-20,23-26,28H,2,14,16-18,21-22H2,1,3-13H3/b20-19+. The zero-order chi connectivity index (χ0) is 27.2. The maximum atomic E-state index is 13.1. The first kappa shape index (κ1) is 32.5. The molecule has 1 fully saturated rings. The minimum atomic E-state index is -1.99. The summed E-state index contributed by atoms with van der Waals surface area (Å²) in [5.41, 5.74) is 0. The van der Waals surface area contributed by atoms with Gasteiger partial charge in [-0.05, 0) is 55.0 Å². The van der Waals surface area contributed by atoms with Gasteiger partial charge in [-0.2, -0.15) is 0 Å². The summed E-state index contributed by atoms with van der Waals surface area (Å²) >= 11 is 0. The minimum Gasteiger partial charge on any atom is -0.413 e. The SMILES string of the molecule is C=CCC1C(=O)CC(O[Si](C)(C)C(C)(C)C)C1/C=C/C(CC(C)CCCC)O[Si](C)(C)C(C)(C)C. The molecule has 0 heterocycles. The number of hydrogen-bond acceptors (Lipinski definition) is 3. The Labute approximate surface area is 220 Å². The first-order valence-corrected chi connectivity index (χ1v) is 19.9. The molecule has 0 N–H and O–H groups in total. The highest BCUT2D eigenvalue weighted by atomic mass is 28.4. The monoisotopic (exact) mass is 522 g/mol. The Morgan fingerprint density at radius 3 is 2.11 bits per heavy atom. The van der Waals surface area contributed by atoms with Crippen LogP contribution in [0.1, 0.15) is 93.9 Å². The Balaban J connectivity index is 3.27. The lowest BCUT2D eigenvalue weighted by molar-refractivity contribution is -0.121. The maximum Gasteiger partial charge on any atom is 0.192 e. The summed E-state index contributed by atoms with van der Waals surface area (Å²) in [6, 6.07) is 0. The predicted molar refractivity (Wildman–Crippen MR) is 158 cm³/mol. The van der Waals surface area contributed by atoms with Crippen molar-refractivity contribution in [3.63, 3.8) is 0 Å². The largest absolute Gasteiger partial charge is 0.413 e. The summed E-state index contributed by atoms with van der Waals surface area (Å²) in [6.45, 7) is 31.5. The molecule has 35 heavy (non-hydrogen) atoms. The van der Waals surface area contributed by atoms with Crippen molar-refractivity contribution in [2.75, 3.05) is 0 Å². The van der Waals surface area contributed by atoms with Crippen LogP contribution in [0.4, 0.5) is 0 Å². The second-order valence-electron chi connectivity index (χ2n) is 14.1. The van der Waals surface area contributed by atoms with Crippen LogP contribution in [0.25, 0.3) is 0 Å². The average Bonchev–Trinajstić information content (AvgIpc) is 2.96. The van der Waals surface area contributed by atoms with Crippen molar-refractivity contribution in [3.8, 4) is 0 Å². The highest BCUT2D eigenvalue weighted by Gasteiger charge is 2.47. The molecular weight excluding hydrogens is 464 g/mol. The van der Waals surface area contributed by atoms with E-state index in [-0.39, 0.29) is 34.1 Å². The predicted octanol–water partition coefficient (Wildman–Crippen LogP) is 9.32. The van der Waals surface area contributed by atoms with Crippen molar-refractivity contribution in [3.05, 3.63) is 24.8 Å². The second kappa shape index (κ2) is 12.8. The molecular formula is C30H58O3Si2. The molecule has 1 saturated carbocycles. The van der Waals surface area contributed by atoms with Gasteiger partial charge in [0.1, 0.15) is 5.78 Å². The Kier molecular flexibility index (Phi) is 11.9. The van der Waals surface area contributed by atoms with Gasteiger partial charge >= 0.3 is 0 Å². The normalized spacial score (nSPS) is 24.2. The molecule has 0 spiro atoms.